The number of amides is 1. The van der Waals surface area contributed by atoms with Crippen molar-refractivity contribution < 1.29 is 14.3 Å². The van der Waals surface area contributed by atoms with Crippen molar-refractivity contribution >= 4 is 23.2 Å². The zero-order valence-corrected chi connectivity index (χ0v) is 21.6. The summed E-state index contributed by atoms with van der Waals surface area (Å²) in [7, 11) is 1.63. The molecule has 0 aliphatic heterocycles. The van der Waals surface area contributed by atoms with E-state index < -0.39 is 0 Å². The molecule has 33 heavy (non-hydrogen) atoms. The molecule has 0 heterocycles. The molecule has 1 unspecified atom stereocenters. The van der Waals surface area contributed by atoms with Crippen LogP contribution in [0.5, 0.6) is 11.5 Å². The second-order valence-electron chi connectivity index (χ2n) is 9.25. The van der Waals surface area contributed by atoms with E-state index in [4.69, 9.17) is 21.7 Å². The number of nitrogens with one attached hydrogen (secondary N) is 2. The van der Waals surface area contributed by atoms with Gasteiger partial charge in [-0.1, -0.05) is 58.0 Å². The molecule has 1 atom stereocenters. The number of ether oxygens (including phenoxy) is 2. The van der Waals surface area contributed by atoms with Gasteiger partial charge in [-0.15, -0.1) is 0 Å². The Labute approximate surface area is 204 Å². The highest BCUT2D eigenvalue weighted by molar-refractivity contribution is 7.80. The molecule has 2 N–H and O–H groups in total. The lowest BCUT2D eigenvalue weighted by molar-refractivity contribution is -0.120. The molecule has 1 amide bonds. The molecule has 2 rings (SSSR count). The first-order valence-electron chi connectivity index (χ1n) is 11.7. The standard InChI is InChI=1S/C27H38N2O3S/c1-18(2)13-14-32-24-12-9-22(16-25(24)31-6)17-28-27(33)29-26(30)20(5)23-10-7-21(8-11-23)15-19(3)4/h7-12,16,18-20H,13-15,17H2,1-6H3,(H2,28,29,30,33). The molecular formula is C27H38N2O3S. The zero-order chi connectivity index (χ0) is 24.4. The van der Waals surface area contributed by atoms with Crippen LogP contribution in [0.15, 0.2) is 42.5 Å². The minimum atomic E-state index is -0.291. The summed E-state index contributed by atoms with van der Waals surface area (Å²) in [5, 5.41) is 6.20. The van der Waals surface area contributed by atoms with Crippen molar-refractivity contribution in [2.45, 2.75) is 59.9 Å². The van der Waals surface area contributed by atoms with Gasteiger partial charge in [0.2, 0.25) is 5.91 Å². The van der Waals surface area contributed by atoms with Crippen LogP contribution in [0.2, 0.25) is 0 Å². The van der Waals surface area contributed by atoms with Crippen molar-refractivity contribution in [3.8, 4) is 11.5 Å². The lowest BCUT2D eigenvalue weighted by atomic mass is 9.96. The third-order valence-electron chi connectivity index (χ3n) is 5.39. The SMILES string of the molecule is COc1cc(CNC(=S)NC(=O)C(C)c2ccc(CC(C)C)cc2)ccc1OCCC(C)C. The lowest BCUT2D eigenvalue weighted by Gasteiger charge is -2.16. The van der Waals surface area contributed by atoms with Crippen LogP contribution in [0, 0.1) is 11.8 Å². The molecule has 0 bridgehead atoms. The molecule has 0 radical (unpaired) electrons. The Morgan fingerprint density at radius 2 is 1.61 bits per heavy atom. The number of carbonyl (C=O) groups is 1. The summed E-state index contributed by atoms with van der Waals surface area (Å²) in [6, 6.07) is 14.0. The molecule has 0 aliphatic rings. The molecule has 2 aromatic carbocycles. The van der Waals surface area contributed by atoms with Crippen LogP contribution in [0.3, 0.4) is 0 Å². The van der Waals surface area contributed by atoms with Gasteiger partial charge in [0, 0.05) is 6.54 Å². The van der Waals surface area contributed by atoms with Crippen LogP contribution in [0.25, 0.3) is 0 Å². The summed E-state index contributed by atoms with van der Waals surface area (Å²) in [6.45, 7) is 11.7. The lowest BCUT2D eigenvalue weighted by Crippen LogP contribution is -2.40. The Morgan fingerprint density at radius 3 is 2.21 bits per heavy atom. The number of carbonyl (C=O) groups excluding carboxylic acids is 1. The second-order valence-corrected chi connectivity index (χ2v) is 9.66. The first-order valence-corrected chi connectivity index (χ1v) is 12.1. The summed E-state index contributed by atoms with van der Waals surface area (Å²) < 4.78 is 11.3. The smallest absolute Gasteiger partial charge is 0.233 e. The molecule has 0 saturated carbocycles. The van der Waals surface area contributed by atoms with Gasteiger partial charge in [0.25, 0.3) is 0 Å². The first-order chi connectivity index (χ1) is 15.7. The fraction of sp³-hybridized carbons (Fsp3) is 0.481. The minimum absolute atomic E-state index is 0.129. The molecule has 6 heteroatoms. The summed E-state index contributed by atoms with van der Waals surface area (Å²) in [6.07, 6.45) is 2.02. The van der Waals surface area contributed by atoms with Gasteiger partial charge in [0.05, 0.1) is 19.6 Å². The van der Waals surface area contributed by atoms with Gasteiger partial charge in [0.15, 0.2) is 16.6 Å². The van der Waals surface area contributed by atoms with Crippen LogP contribution in [-0.2, 0) is 17.8 Å². The molecular weight excluding hydrogens is 432 g/mol. The predicted molar refractivity (Wildman–Crippen MR) is 139 cm³/mol. The Hall–Kier alpha value is -2.60. The van der Waals surface area contributed by atoms with Gasteiger partial charge in [-0.3, -0.25) is 4.79 Å². The van der Waals surface area contributed by atoms with E-state index in [1.54, 1.807) is 7.11 Å². The van der Waals surface area contributed by atoms with Crippen molar-refractivity contribution in [2.75, 3.05) is 13.7 Å². The van der Waals surface area contributed by atoms with Gasteiger partial charge in [-0.25, -0.2) is 0 Å². The maximum atomic E-state index is 12.6. The van der Waals surface area contributed by atoms with E-state index >= 15 is 0 Å². The molecule has 2 aromatic rings. The molecule has 0 aliphatic carbocycles. The third kappa shape index (κ3) is 9.04. The topological polar surface area (TPSA) is 59.6 Å². The van der Waals surface area contributed by atoms with Crippen molar-refractivity contribution in [1.82, 2.24) is 10.6 Å². The van der Waals surface area contributed by atoms with Gasteiger partial charge >= 0.3 is 0 Å². The highest BCUT2D eigenvalue weighted by Gasteiger charge is 2.16. The van der Waals surface area contributed by atoms with Crippen molar-refractivity contribution in [1.29, 1.82) is 0 Å². The van der Waals surface area contributed by atoms with Gasteiger partial charge in [-0.2, -0.15) is 0 Å². The molecule has 180 valence electrons. The summed E-state index contributed by atoms with van der Waals surface area (Å²) in [5.41, 5.74) is 3.24. The maximum absolute atomic E-state index is 12.6. The average Bonchev–Trinajstić information content (AvgIpc) is 2.77. The zero-order valence-electron chi connectivity index (χ0n) is 20.7. The number of hydrogen-bond donors (Lipinski definition) is 2. The largest absolute Gasteiger partial charge is 0.493 e. The van der Waals surface area contributed by atoms with Crippen LogP contribution in [0.4, 0.5) is 0 Å². The van der Waals surface area contributed by atoms with E-state index in [0.717, 1.165) is 29.7 Å². The van der Waals surface area contributed by atoms with Gasteiger partial charge < -0.3 is 20.1 Å². The predicted octanol–water partition coefficient (Wildman–Crippen LogP) is 5.61. The summed E-state index contributed by atoms with van der Waals surface area (Å²) in [4.78, 5) is 12.6. The van der Waals surface area contributed by atoms with E-state index in [1.807, 2.05) is 37.3 Å². The maximum Gasteiger partial charge on any atom is 0.233 e. The molecule has 5 nitrogen and oxygen atoms in total. The van der Waals surface area contributed by atoms with Crippen LogP contribution < -0.4 is 20.1 Å². The molecule has 0 fully saturated rings. The fourth-order valence-corrected chi connectivity index (χ4v) is 3.53. The summed E-state index contributed by atoms with van der Waals surface area (Å²) in [5.74, 6) is 2.18. The number of rotatable bonds is 11. The Bertz CT molecular complexity index is 910. The normalized spacial score (nSPS) is 11.9. The van der Waals surface area contributed by atoms with E-state index in [0.29, 0.717) is 35.8 Å². The van der Waals surface area contributed by atoms with E-state index in [2.05, 4.69) is 50.5 Å². The molecule has 0 spiro atoms. The summed E-state index contributed by atoms with van der Waals surface area (Å²) >= 11 is 5.34. The monoisotopic (exact) mass is 470 g/mol. The van der Waals surface area contributed by atoms with Crippen LogP contribution in [-0.4, -0.2) is 24.7 Å². The Kier molecular flexibility index (Phi) is 10.7. The number of thiocarbonyl (C=S) groups is 1. The quantitative estimate of drug-likeness (QED) is 0.418. The van der Waals surface area contributed by atoms with Gasteiger partial charge in [-0.05, 0) is 72.6 Å². The first kappa shape index (κ1) is 26.7. The van der Waals surface area contributed by atoms with Crippen molar-refractivity contribution in [3.63, 3.8) is 0 Å². The Morgan fingerprint density at radius 1 is 0.939 bits per heavy atom. The third-order valence-corrected chi connectivity index (χ3v) is 5.63. The van der Waals surface area contributed by atoms with E-state index in [-0.39, 0.29) is 11.8 Å². The Balaban J connectivity index is 1.86. The van der Waals surface area contributed by atoms with Crippen LogP contribution >= 0.6 is 12.2 Å². The fourth-order valence-electron chi connectivity index (χ4n) is 3.36. The van der Waals surface area contributed by atoms with Crippen molar-refractivity contribution in [2.24, 2.45) is 11.8 Å². The van der Waals surface area contributed by atoms with E-state index in [9.17, 15) is 4.79 Å². The highest BCUT2D eigenvalue weighted by Crippen LogP contribution is 2.28. The van der Waals surface area contributed by atoms with E-state index in [1.165, 1.54) is 5.56 Å². The average molecular weight is 471 g/mol. The van der Waals surface area contributed by atoms with Crippen molar-refractivity contribution in [3.05, 3.63) is 59.2 Å². The van der Waals surface area contributed by atoms with Crippen LogP contribution in [0.1, 0.15) is 63.6 Å². The number of benzene rings is 2. The highest BCUT2D eigenvalue weighted by atomic mass is 32.1. The molecule has 0 saturated heterocycles. The van der Waals surface area contributed by atoms with Gasteiger partial charge in [0.1, 0.15) is 0 Å². The number of methoxy groups -OCH3 is 1. The minimum Gasteiger partial charge on any atom is -0.493 e. The molecule has 0 aromatic heterocycles. The number of hydrogen-bond acceptors (Lipinski definition) is 4. The second kappa shape index (κ2) is 13.2.